The first-order chi connectivity index (χ1) is 12.5. The fourth-order valence-electron chi connectivity index (χ4n) is 3.37. The third-order valence-corrected chi connectivity index (χ3v) is 5.18. The van der Waals surface area contributed by atoms with Crippen molar-refractivity contribution >= 4 is 11.8 Å². The molecule has 0 fully saturated rings. The zero-order valence-corrected chi connectivity index (χ0v) is 17.2. The van der Waals surface area contributed by atoms with Gasteiger partial charge in [0.1, 0.15) is 0 Å². The molecule has 26 heavy (non-hydrogen) atoms. The second-order valence-electron chi connectivity index (χ2n) is 7.68. The van der Waals surface area contributed by atoms with Crippen molar-refractivity contribution in [3.63, 3.8) is 0 Å². The first kappa shape index (κ1) is 25.1. The highest BCUT2D eigenvalue weighted by atomic mass is 16.4. The van der Waals surface area contributed by atoms with Gasteiger partial charge in [-0.25, -0.2) is 4.79 Å². The number of carboxylic acid groups (broad SMARTS) is 1. The molecule has 0 saturated heterocycles. The van der Waals surface area contributed by atoms with Gasteiger partial charge in [-0.05, 0) is 19.3 Å². The Hall–Kier alpha value is -0.900. The average Bonchev–Trinajstić information content (AvgIpc) is 2.61. The molecule has 0 aliphatic rings. The molecular formula is C22H42O4. The Kier molecular flexibility index (Phi) is 15.7. The van der Waals surface area contributed by atoms with Crippen LogP contribution < -0.4 is 0 Å². The molecule has 0 aromatic heterocycles. The van der Waals surface area contributed by atoms with Crippen molar-refractivity contribution in [2.24, 2.45) is 0 Å². The van der Waals surface area contributed by atoms with E-state index in [0.717, 1.165) is 19.3 Å². The van der Waals surface area contributed by atoms with E-state index in [-0.39, 0.29) is 12.8 Å². The van der Waals surface area contributed by atoms with E-state index in [1.165, 1.54) is 64.2 Å². The van der Waals surface area contributed by atoms with Gasteiger partial charge in [-0.15, -0.1) is 0 Å². The Morgan fingerprint density at radius 3 is 1.38 bits per heavy atom. The number of carboxylic acids is 1. The Labute approximate surface area is 160 Å². The van der Waals surface area contributed by atoms with E-state index in [9.17, 15) is 14.7 Å². The minimum atomic E-state index is -2.17. The third kappa shape index (κ3) is 11.7. The summed E-state index contributed by atoms with van der Waals surface area (Å²) in [5, 5.41) is 19.3. The van der Waals surface area contributed by atoms with Gasteiger partial charge in [0.15, 0.2) is 5.78 Å². The standard InChI is InChI=1S/C22H42O4/c1-3-5-6-7-8-9-10-11-12-13-14-15-16-17-19-22(26,21(24)25)20(23)18-4-2/h26H,3-19H2,1-2H3,(H,24,25). The fourth-order valence-corrected chi connectivity index (χ4v) is 3.37. The maximum absolute atomic E-state index is 11.8. The molecular weight excluding hydrogens is 328 g/mol. The van der Waals surface area contributed by atoms with Crippen LogP contribution in [0.25, 0.3) is 0 Å². The number of aliphatic carboxylic acids is 1. The molecule has 0 saturated carbocycles. The highest BCUT2D eigenvalue weighted by Gasteiger charge is 2.42. The molecule has 1 atom stereocenters. The van der Waals surface area contributed by atoms with Gasteiger partial charge in [0.25, 0.3) is 0 Å². The summed E-state index contributed by atoms with van der Waals surface area (Å²) in [6, 6.07) is 0. The number of hydrogen-bond donors (Lipinski definition) is 2. The SMILES string of the molecule is CCCCCCCCCCCCCCCCC(O)(C(=O)O)C(=O)CCC. The second kappa shape index (κ2) is 16.3. The lowest BCUT2D eigenvalue weighted by Crippen LogP contribution is -2.46. The fraction of sp³-hybridized carbons (Fsp3) is 0.909. The molecule has 0 aromatic rings. The summed E-state index contributed by atoms with van der Waals surface area (Å²) < 4.78 is 0. The lowest BCUT2D eigenvalue weighted by molar-refractivity contribution is -0.166. The van der Waals surface area contributed by atoms with Gasteiger partial charge in [-0.2, -0.15) is 0 Å². The molecule has 0 rings (SSSR count). The molecule has 154 valence electrons. The van der Waals surface area contributed by atoms with Crippen molar-refractivity contribution in [3.05, 3.63) is 0 Å². The lowest BCUT2D eigenvalue weighted by Gasteiger charge is -2.21. The number of carbonyl (C=O) groups is 2. The number of aliphatic hydroxyl groups is 1. The van der Waals surface area contributed by atoms with E-state index in [4.69, 9.17) is 5.11 Å². The Morgan fingerprint density at radius 2 is 1.04 bits per heavy atom. The molecule has 0 bridgehead atoms. The molecule has 0 aliphatic heterocycles. The minimum absolute atomic E-state index is 0.0409. The van der Waals surface area contributed by atoms with Crippen LogP contribution in [-0.2, 0) is 9.59 Å². The van der Waals surface area contributed by atoms with Crippen molar-refractivity contribution in [1.82, 2.24) is 0 Å². The van der Waals surface area contributed by atoms with Crippen molar-refractivity contribution in [3.8, 4) is 0 Å². The third-order valence-electron chi connectivity index (χ3n) is 5.18. The quantitative estimate of drug-likeness (QED) is 0.215. The van der Waals surface area contributed by atoms with Crippen molar-refractivity contribution in [2.75, 3.05) is 0 Å². The van der Waals surface area contributed by atoms with Crippen LogP contribution in [0.4, 0.5) is 0 Å². The van der Waals surface area contributed by atoms with E-state index in [0.29, 0.717) is 12.8 Å². The number of rotatable bonds is 19. The monoisotopic (exact) mass is 370 g/mol. The first-order valence-electron chi connectivity index (χ1n) is 11.0. The Balaban J connectivity index is 3.57. The van der Waals surface area contributed by atoms with Gasteiger partial charge in [0.05, 0.1) is 0 Å². The molecule has 0 amide bonds. The summed E-state index contributed by atoms with van der Waals surface area (Å²) in [7, 11) is 0. The zero-order chi connectivity index (χ0) is 19.7. The number of ketones is 1. The van der Waals surface area contributed by atoms with Crippen LogP contribution in [0.15, 0.2) is 0 Å². The summed E-state index contributed by atoms with van der Waals surface area (Å²) >= 11 is 0. The lowest BCUT2D eigenvalue weighted by atomic mass is 9.89. The molecule has 4 nitrogen and oxygen atoms in total. The van der Waals surface area contributed by atoms with Gasteiger partial charge in [0.2, 0.25) is 5.60 Å². The molecule has 0 radical (unpaired) electrons. The number of unbranched alkanes of at least 4 members (excludes halogenated alkanes) is 13. The average molecular weight is 371 g/mol. The summed E-state index contributed by atoms with van der Waals surface area (Å²) in [5.74, 6) is -1.95. The van der Waals surface area contributed by atoms with Crippen LogP contribution in [0.2, 0.25) is 0 Å². The van der Waals surface area contributed by atoms with Crippen LogP contribution in [0.1, 0.15) is 123 Å². The number of hydrogen-bond acceptors (Lipinski definition) is 3. The molecule has 0 aromatic carbocycles. The normalized spacial score (nSPS) is 13.5. The zero-order valence-electron chi connectivity index (χ0n) is 17.2. The highest BCUT2D eigenvalue weighted by Crippen LogP contribution is 2.20. The van der Waals surface area contributed by atoms with Gasteiger partial charge < -0.3 is 10.2 Å². The minimum Gasteiger partial charge on any atom is -0.479 e. The second-order valence-corrected chi connectivity index (χ2v) is 7.68. The highest BCUT2D eigenvalue weighted by molar-refractivity contribution is 6.06. The smallest absolute Gasteiger partial charge is 0.343 e. The van der Waals surface area contributed by atoms with Crippen LogP contribution in [0, 0.1) is 0 Å². The molecule has 1 unspecified atom stereocenters. The maximum atomic E-state index is 11.8. The first-order valence-corrected chi connectivity index (χ1v) is 11.0. The molecule has 2 N–H and O–H groups in total. The van der Waals surface area contributed by atoms with E-state index in [1.54, 1.807) is 0 Å². The van der Waals surface area contributed by atoms with E-state index >= 15 is 0 Å². The summed E-state index contributed by atoms with van der Waals surface area (Å²) in [4.78, 5) is 23.1. The molecule has 4 heteroatoms. The molecule has 0 spiro atoms. The van der Waals surface area contributed by atoms with Gasteiger partial charge >= 0.3 is 5.97 Å². The van der Waals surface area contributed by atoms with Gasteiger partial charge in [-0.3, -0.25) is 4.79 Å². The maximum Gasteiger partial charge on any atom is 0.343 e. The Bertz CT molecular complexity index is 367. The van der Waals surface area contributed by atoms with E-state index in [1.807, 2.05) is 6.92 Å². The van der Waals surface area contributed by atoms with Crippen molar-refractivity contribution in [1.29, 1.82) is 0 Å². The predicted molar refractivity (Wildman–Crippen MR) is 107 cm³/mol. The van der Waals surface area contributed by atoms with Crippen LogP contribution in [0.3, 0.4) is 0 Å². The van der Waals surface area contributed by atoms with Crippen molar-refractivity contribution in [2.45, 2.75) is 129 Å². The van der Waals surface area contributed by atoms with Gasteiger partial charge in [-0.1, -0.05) is 97.3 Å². The number of Topliss-reactive ketones (excluding diaryl/α,β-unsaturated/α-hetero) is 1. The largest absolute Gasteiger partial charge is 0.479 e. The van der Waals surface area contributed by atoms with E-state index < -0.39 is 17.4 Å². The topological polar surface area (TPSA) is 74.6 Å². The summed E-state index contributed by atoms with van der Waals surface area (Å²) in [6.45, 7) is 4.06. The van der Waals surface area contributed by atoms with Crippen molar-refractivity contribution < 1.29 is 19.8 Å². The number of carbonyl (C=O) groups excluding carboxylic acids is 1. The van der Waals surface area contributed by atoms with Crippen LogP contribution in [-0.4, -0.2) is 27.6 Å². The molecule has 0 heterocycles. The van der Waals surface area contributed by atoms with Crippen LogP contribution in [0.5, 0.6) is 0 Å². The van der Waals surface area contributed by atoms with E-state index in [2.05, 4.69) is 6.92 Å². The Morgan fingerprint density at radius 1 is 0.654 bits per heavy atom. The van der Waals surface area contributed by atoms with Gasteiger partial charge in [0, 0.05) is 6.42 Å². The summed E-state index contributed by atoms with van der Waals surface area (Å²) in [6.07, 6.45) is 17.8. The predicted octanol–water partition coefficient (Wildman–Crippen LogP) is 6.04. The molecule has 0 aliphatic carbocycles. The van der Waals surface area contributed by atoms with Crippen LogP contribution >= 0.6 is 0 Å². The summed E-state index contributed by atoms with van der Waals surface area (Å²) in [5.41, 5.74) is -2.17.